The van der Waals surface area contributed by atoms with E-state index in [2.05, 4.69) is 35.9 Å². The molecule has 20 heavy (non-hydrogen) atoms. The molecule has 0 aliphatic rings. The van der Waals surface area contributed by atoms with Crippen LogP contribution in [0.1, 0.15) is 18.1 Å². The highest BCUT2D eigenvalue weighted by molar-refractivity contribution is 5.80. The average molecular weight is 276 g/mol. The third kappa shape index (κ3) is 4.70. The Morgan fingerprint density at radius 2 is 2.20 bits per heavy atom. The Morgan fingerprint density at radius 1 is 1.50 bits per heavy atom. The van der Waals surface area contributed by atoms with Gasteiger partial charge in [0.05, 0.1) is 6.61 Å². The molecule has 1 amide bonds. The van der Waals surface area contributed by atoms with Crippen molar-refractivity contribution >= 4 is 11.6 Å². The second-order valence-corrected chi connectivity index (χ2v) is 5.00. The normalized spacial score (nSPS) is 11.8. The first-order valence-corrected chi connectivity index (χ1v) is 6.72. The Labute approximate surface area is 121 Å². The van der Waals surface area contributed by atoms with Crippen LogP contribution in [0.5, 0.6) is 0 Å². The fraction of sp³-hybridized carbons (Fsp3) is 0.438. The van der Waals surface area contributed by atoms with Crippen molar-refractivity contribution in [2.45, 2.75) is 26.5 Å². The first-order valence-electron chi connectivity index (χ1n) is 6.72. The van der Waals surface area contributed by atoms with Crippen LogP contribution in [0.2, 0.25) is 0 Å². The van der Waals surface area contributed by atoms with E-state index in [9.17, 15) is 4.79 Å². The molecule has 0 saturated heterocycles. The van der Waals surface area contributed by atoms with Gasteiger partial charge >= 0.3 is 0 Å². The van der Waals surface area contributed by atoms with Crippen LogP contribution in [0.25, 0.3) is 0 Å². The molecular weight excluding hydrogens is 252 g/mol. The van der Waals surface area contributed by atoms with Crippen LogP contribution in [-0.4, -0.2) is 32.7 Å². The molecule has 4 nitrogen and oxygen atoms in total. The number of hydrogen-bond acceptors (Lipinski definition) is 3. The van der Waals surface area contributed by atoms with Crippen molar-refractivity contribution in [1.29, 1.82) is 0 Å². The van der Waals surface area contributed by atoms with Crippen LogP contribution in [0, 0.1) is 6.92 Å². The maximum Gasteiger partial charge on any atom is 0.249 e. The van der Waals surface area contributed by atoms with Gasteiger partial charge in [0.15, 0.2) is 0 Å². The monoisotopic (exact) mass is 276 g/mol. The molecule has 0 aliphatic heterocycles. The summed E-state index contributed by atoms with van der Waals surface area (Å²) in [5, 5.41) is 2.87. The highest BCUT2D eigenvalue weighted by atomic mass is 16.5. The highest BCUT2D eigenvalue weighted by Gasteiger charge is 2.12. The van der Waals surface area contributed by atoms with Crippen molar-refractivity contribution in [2.24, 2.45) is 0 Å². The molecule has 1 rings (SSSR count). The van der Waals surface area contributed by atoms with Gasteiger partial charge in [0.2, 0.25) is 5.91 Å². The van der Waals surface area contributed by atoms with Gasteiger partial charge in [0.1, 0.15) is 6.10 Å². The Hall–Kier alpha value is -1.81. The highest BCUT2D eigenvalue weighted by Crippen LogP contribution is 2.18. The van der Waals surface area contributed by atoms with Crippen molar-refractivity contribution in [1.82, 2.24) is 5.32 Å². The number of nitrogens with zero attached hydrogens (tertiary/aromatic N) is 1. The zero-order valence-electron chi connectivity index (χ0n) is 12.8. The standard InChI is InChI=1S/C16H24N2O2/c1-6-9-20-13(3)16(19)17-11-14-7-8-15(18(4)5)12(2)10-14/h6-8,10,13H,1,9,11H2,2-5H3,(H,17,19). The van der Waals surface area contributed by atoms with Gasteiger partial charge in [-0.1, -0.05) is 18.2 Å². The summed E-state index contributed by atoms with van der Waals surface area (Å²) in [5.41, 5.74) is 3.46. The fourth-order valence-corrected chi connectivity index (χ4v) is 1.95. The number of hydrogen-bond donors (Lipinski definition) is 1. The van der Waals surface area contributed by atoms with E-state index in [-0.39, 0.29) is 5.91 Å². The van der Waals surface area contributed by atoms with Crippen LogP contribution in [0.3, 0.4) is 0 Å². The number of anilines is 1. The molecule has 110 valence electrons. The van der Waals surface area contributed by atoms with Crippen molar-refractivity contribution in [2.75, 3.05) is 25.6 Å². The SMILES string of the molecule is C=CCOC(C)C(=O)NCc1ccc(N(C)C)c(C)c1. The predicted octanol–water partition coefficient (Wildman–Crippen LogP) is 2.27. The molecule has 4 heteroatoms. The lowest BCUT2D eigenvalue weighted by molar-refractivity contribution is -0.131. The fourth-order valence-electron chi connectivity index (χ4n) is 1.95. The third-order valence-electron chi connectivity index (χ3n) is 3.04. The molecule has 1 N–H and O–H groups in total. The maximum atomic E-state index is 11.8. The summed E-state index contributed by atoms with van der Waals surface area (Å²) in [6, 6.07) is 6.18. The Bertz CT molecular complexity index is 470. The maximum absolute atomic E-state index is 11.8. The zero-order valence-corrected chi connectivity index (χ0v) is 12.8. The molecule has 0 saturated carbocycles. The van der Waals surface area contributed by atoms with E-state index in [4.69, 9.17) is 4.74 Å². The van der Waals surface area contributed by atoms with Crippen LogP contribution >= 0.6 is 0 Å². The Balaban J connectivity index is 2.55. The van der Waals surface area contributed by atoms with Crippen LogP contribution in [0.15, 0.2) is 30.9 Å². The molecule has 0 aliphatic carbocycles. The summed E-state index contributed by atoms with van der Waals surface area (Å²) in [6.07, 6.45) is 1.17. The van der Waals surface area contributed by atoms with Gasteiger partial charge in [-0.05, 0) is 31.0 Å². The van der Waals surface area contributed by atoms with Crippen molar-refractivity contribution in [3.05, 3.63) is 42.0 Å². The van der Waals surface area contributed by atoms with Gasteiger partial charge in [0.25, 0.3) is 0 Å². The summed E-state index contributed by atoms with van der Waals surface area (Å²) in [4.78, 5) is 13.9. The molecule has 0 bridgehead atoms. The van der Waals surface area contributed by atoms with Gasteiger partial charge < -0.3 is 15.0 Å². The molecule has 1 unspecified atom stereocenters. The summed E-state index contributed by atoms with van der Waals surface area (Å²) in [5.74, 6) is -0.110. The predicted molar refractivity (Wildman–Crippen MR) is 83.0 cm³/mol. The van der Waals surface area contributed by atoms with E-state index in [1.165, 1.54) is 11.3 Å². The van der Waals surface area contributed by atoms with Gasteiger partial charge in [-0.15, -0.1) is 6.58 Å². The number of aryl methyl sites for hydroxylation is 1. The Kier molecular flexibility index (Phi) is 6.25. The van der Waals surface area contributed by atoms with E-state index < -0.39 is 6.10 Å². The minimum Gasteiger partial charge on any atom is -0.377 e. The smallest absolute Gasteiger partial charge is 0.249 e. The summed E-state index contributed by atoms with van der Waals surface area (Å²) in [6.45, 7) is 8.25. The number of nitrogens with one attached hydrogen (secondary N) is 1. The molecule has 1 aromatic rings. The van der Waals surface area contributed by atoms with E-state index in [1.54, 1.807) is 13.0 Å². The number of ether oxygens (including phenoxy) is 1. The van der Waals surface area contributed by atoms with E-state index in [0.29, 0.717) is 13.2 Å². The van der Waals surface area contributed by atoms with Gasteiger partial charge in [-0.25, -0.2) is 0 Å². The lowest BCUT2D eigenvalue weighted by atomic mass is 10.1. The molecule has 1 atom stereocenters. The first kappa shape index (κ1) is 16.2. The lowest BCUT2D eigenvalue weighted by Gasteiger charge is -2.17. The van der Waals surface area contributed by atoms with Crippen molar-refractivity contribution in [3.63, 3.8) is 0 Å². The van der Waals surface area contributed by atoms with E-state index in [0.717, 1.165) is 5.56 Å². The molecule has 0 heterocycles. The molecule has 0 aromatic heterocycles. The largest absolute Gasteiger partial charge is 0.377 e. The zero-order chi connectivity index (χ0) is 15.1. The van der Waals surface area contributed by atoms with E-state index >= 15 is 0 Å². The van der Waals surface area contributed by atoms with Crippen LogP contribution in [0.4, 0.5) is 5.69 Å². The van der Waals surface area contributed by atoms with Crippen molar-refractivity contribution in [3.8, 4) is 0 Å². The first-order chi connectivity index (χ1) is 9.45. The quantitative estimate of drug-likeness (QED) is 0.777. The minimum absolute atomic E-state index is 0.110. The molecule has 0 spiro atoms. The second kappa shape index (κ2) is 7.70. The summed E-state index contributed by atoms with van der Waals surface area (Å²) in [7, 11) is 4.03. The third-order valence-corrected chi connectivity index (χ3v) is 3.04. The molecule has 0 fully saturated rings. The van der Waals surface area contributed by atoms with Crippen LogP contribution < -0.4 is 10.2 Å². The number of rotatable bonds is 7. The molecular formula is C16H24N2O2. The van der Waals surface area contributed by atoms with Crippen molar-refractivity contribution < 1.29 is 9.53 Å². The molecule has 1 aromatic carbocycles. The van der Waals surface area contributed by atoms with Gasteiger partial charge in [-0.2, -0.15) is 0 Å². The minimum atomic E-state index is -0.463. The average Bonchev–Trinajstić information content (AvgIpc) is 2.41. The summed E-state index contributed by atoms with van der Waals surface area (Å²) < 4.78 is 5.28. The van der Waals surface area contributed by atoms with Gasteiger partial charge in [-0.3, -0.25) is 4.79 Å². The number of carbonyl (C=O) groups excluding carboxylic acids is 1. The number of benzene rings is 1. The second-order valence-electron chi connectivity index (χ2n) is 5.00. The number of carbonyl (C=O) groups is 1. The van der Waals surface area contributed by atoms with Crippen LogP contribution in [-0.2, 0) is 16.1 Å². The van der Waals surface area contributed by atoms with E-state index in [1.807, 2.05) is 20.2 Å². The topological polar surface area (TPSA) is 41.6 Å². The Morgan fingerprint density at radius 3 is 2.75 bits per heavy atom. The lowest BCUT2D eigenvalue weighted by Crippen LogP contribution is -2.34. The van der Waals surface area contributed by atoms with Gasteiger partial charge in [0, 0.05) is 26.3 Å². The number of amides is 1. The summed E-state index contributed by atoms with van der Waals surface area (Å²) >= 11 is 0. The molecule has 0 radical (unpaired) electrons.